The number of rotatable bonds is 11. The standard InChI is InChI=1S/C32H38ClN3O4S/c1-23-12-7-8-15-26(23)21-35(31(37)22-36(41(3,39)40)29-19-11-18-28(33)24(29)2)30(20-25-13-5-4-6-14-25)32(38)34-27-16-9-10-17-27/h4-8,11-15,18-19,27,30H,9-10,16-17,20-22H2,1-3H3,(H,34,38). The van der Waals surface area contributed by atoms with Crippen molar-refractivity contribution >= 4 is 39.1 Å². The zero-order chi connectivity index (χ0) is 29.6. The van der Waals surface area contributed by atoms with E-state index in [2.05, 4.69) is 5.32 Å². The minimum atomic E-state index is -3.86. The van der Waals surface area contributed by atoms with E-state index in [1.807, 2.05) is 61.5 Å². The molecule has 1 fully saturated rings. The van der Waals surface area contributed by atoms with E-state index in [1.165, 1.54) is 4.90 Å². The largest absolute Gasteiger partial charge is 0.352 e. The van der Waals surface area contributed by atoms with Crippen molar-refractivity contribution in [3.8, 4) is 0 Å². The Balaban J connectivity index is 1.75. The van der Waals surface area contributed by atoms with Crippen LogP contribution in [0.4, 0.5) is 5.69 Å². The summed E-state index contributed by atoms with van der Waals surface area (Å²) in [6, 6.07) is 21.5. The first kappa shape index (κ1) is 30.6. The van der Waals surface area contributed by atoms with Gasteiger partial charge in [0.1, 0.15) is 12.6 Å². The second kappa shape index (κ2) is 13.5. The summed E-state index contributed by atoms with van der Waals surface area (Å²) >= 11 is 6.33. The lowest BCUT2D eigenvalue weighted by Crippen LogP contribution is -2.54. The summed E-state index contributed by atoms with van der Waals surface area (Å²) in [5.41, 5.74) is 3.66. The molecule has 41 heavy (non-hydrogen) atoms. The van der Waals surface area contributed by atoms with E-state index in [0.29, 0.717) is 22.7 Å². The lowest BCUT2D eigenvalue weighted by molar-refractivity contribution is -0.140. The Kier molecular flexibility index (Phi) is 10.1. The van der Waals surface area contributed by atoms with Gasteiger partial charge >= 0.3 is 0 Å². The summed E-state index contributed by atoms with van der Waals surface area (Å²) < 4.78 is 27.1. The number of anilines is 1. The number of hydrogen-bond donors (Lipinski definition) is 1. The second-order valence-electron chi connectivity index (χ2n) is 10.8. The first-order valence-electron chi connectivity index (χ1n) is 14.0. The van der Waals surface area contributed by atoms with Gasteiger partial charge in [-0.1, -0.05) is 85.1 Å². The molecule has 9 heteroatoms. The van der Waals surface area contributed by atoms with Crippen molar-refractivity contribution in [3.05, 3.63) is 100 Å². The van der Waals surface area contributed by atoms with Crippen molar-refractivity contribution in [2.75, 3.05) is 17.1 Å². The molecule has 0 radical (unpaired) electrons. The number of benzene rings is 3. The van der Waals surface area contributed by atoms with Gasteiger partial charge in [-0.15, -0.1) is 0 Å². The van der Waals surface area contributed by atoms with E-state index in [0.717, 1.165) is 52.9 Å². The predicted octanol–water partition coefficient (Wildman–Crippen LogP) is 5.42. The highest BCUT2D eigenvalue weighted by atomic mass is 35.5. The van der Waals surface area contributed by atoms with Crippen LogP contribution in [0.1, 0.15) is 47.9 Å². The molecule has 7 nitrogen and oxygen atoms in total. The number of halogens is 1. The maximum atomic E-state index is 14.3. The summed E-state index contributed by atoms with van der Waals surface area (Å²) in [6.45, 7) is 3.38. The normalized spacial score (nSPS) is 14.4. The molecule has 1 atom stereocenters. The molecule has 1 saturated carbocycles. The van der Waals surface area contributed by atoms with Gasteiger partial charge < -0.3 is 10.2 Å². The van der Waals surface area contributed by atoms with Crippen molar-refractivity contribution < 1.29 is 18.0 Å². The van der Waals surface area contributed by atoms with E-state index in [9.17, 15) is 18.0 Å². The van der Waals surface area contributed by atoms with Crippen molar-refractivity contribution in [1.29, 1.82) is 0 Å². The fourth-order valence-corrected chi connectivity index (χ4v) is 6.42. The van der Waals surface area contributed by atoms with Crippen LogP contribution in [0, 0.1) is 13.8 Å². The van der Waals surface area contributed by atoms with E-state index in [1.54, 1.807) is 25.1 Å². The Morgan fingerprint density at radius 3 is 2.27 bits per heavy atom. The molecule has 0 aromatic heterocycles. The number of aryl methyl sites for hydroxylation is 1. The van der Waals surface area contributed by atoms with Crippen LogP contribution in [0.3, 0.4) is 0 Å². The molecule has 0 heterocycles. The van der Waals surface area contributed by atoms with Gasteiger partial charge in [-0.25, -0.2) is 8.42 Å². The summed E-state index contributed by atoms with van der Waals surface area (Å²) in [5.74, 6) is -0.701. The monoisotopic (exact) mass is 595 g/mol. The van der Waals surface area contributed by atoms with Crippen LogP contribution < -0.4 is 9.62 Å². The van der Waals surface area contributed by atoms with Gasteiger partial charge in [-0.2, -0.15) is 0 Å². The Morgan fingerprint density at radius 1 is 0.951 bits per heavy atom. The molecule has 218 valence electrons. The molecule has 1 N–H and O–H groups in total. The molecule has 1 unspecified atom stereocenters. The smallest absolute Gasteiger partial charge is 0.244 e. The minimum Gasteiger partial charge on any atom is -0.352 e. The van der Waals surface area contributed by atoms with E-state index in [-0.39, 0.29) is 18.5 Å². The number of carbonyl (C=O) groups excluding carboxylic acids is 2. The van der Waals surface area contributed by atoms with Gasteiger partial charge in [-0.05, 0) is 61.1 Å². The summed E-state index contributed by atoms with van der Waals surface area (Å²) in [4.78, 5) is 29.7. The molecular formula is C32H38ClN3O4S. The van der Waals surface area contributed by atoms with Crippen molar-refractivity contribution in [1.82, 2.24) is 10.2 Å². The summed E-state index contributed by atoms with van der Waals surface area (Å²) in [7, 11) is -3.86. The molecular weight excluding hydrogens is 558 g/mol. The number of nitrogens with zero attached hydrogens (tertiary/aromatic N) is 2. The van der Waals surface area contributed by atoms with E-state index >= 15 is 0 Å². The minimum absolute atomic E-state index is 0.0674. The zero-order valence-corrected chi connectivity index (χ0v) is 25.4. The van der Waals surface area contributed by atoms with Gasteiger partial charge in [-0.3, -0.25) is 13.9 Å². The van der Waals surface area contributed by atoms with Crippen molar-refractivity contribution in [3.63, 3.8) is 0 Å². The molecule has 1 aliphatic rings. The Bertz CT molecular complexity index is 1470. The lowest BCUT2D eigenvalue weighted by atomic mass is 10.0. The van der Waals surface area contributed by atoms with Gasteiger partial charge in [0.15, 0.2) is 0 Å². The van der Waals surface area contributed by atoms with Gasteiger partial charge in [0.2, 0.25) is 21.8 Å². The number of amides is 2. The topological polar surface area (TPSA) is 86.8 Å². The molecule has 0 aliphatic heterocycles. The zero-order valence-electron chi connectivity index (χ0n) is 23.8. The molecule has 1 aliphatic carbocycles. The van der Waals surface area contributed by atoms with Crippen LogP contribution in [0.15, 0.2) is 72.8 Å². The predicted molar refractivity (Wildman–Crippen MR) is 164 cm³/mol. The van der Waals surface area contributed by atoms with Crippen molar-refractivity contribution in [2.24, 2.45) is 0 Å². The van der Waals surface area contributed by atoms with Crippen LogP contribution in [-0.4, -0.2) is 50.0 Å². The fraction of sp³-hybridized carbons (Fsp3) is 0.375. The molecule has 0 saturated heterocycles. The van der Waals surface area contributed by atoms with E-state index < -0.39 is 28.5 Å². The second-order valence-corrected chi connectivity index (χ2v) is 13.1. The number of nitrogens with one attached hydrogen (secondary N) is 1. The average molecular weight is 596 g/mol. The highest BCUT2D eigenvalue weighted by Gasteiger charge is 2.34. The molecule has 3 aromatic carbocycles. The Labute approximate surface area is 248 Å². The maximum absolute atomic E-state index is 14.3. The van der Waals surface area contributed by atoms with Crippen molar-refractivity contribution in [2.45, 2.75) is 64.6 Å². The van der Waals surface area contributed by atoms with Gasteiger partial charge in [0.05, 0.1) is 11.9 Å². The molecule has 0 spiro atoms. The molecule has 4 rings (SSSR count). The van der Waals surface area contributed by atoms with Gasteiger partial charge in [0, 0.05) is 24.0 Å². The first-order chi connectivity index (χ1) is 19.5. The highest BCUT2D eigenvalue weighted by molar-refractivity contribution is 7.92. The van der Waals surface area contributed by atoms with Crippen LogP contribution in [-0.2, 0) is 32.6 Å². The molecule has 0 bridgehead atoms. The maximum Gasteiger partial charge on any atom is 0.244 e. The number of sulfonamides is 1. The number of carbonyl (C=O) groups is 2. The molecule has 2 amide bonds. The summed E-state index contributed by atoms with van der Waals surface area (Å²) in [5, 5.41) is 3.59. The van der Waals surface area contributed by atoms with Crippen LogP contribution in [0.2, 0.25) is 5.02 Å². The molecule has 3 aromatic rings. The third-order valence-electron chi connectivity index (χ3n) is 7.76. The average Bonchev–Trinajstić information content (AvgIpc) is 3.45. The third-order valence-corrected chi connectivity index (χ3v) is 9.30. The number of hydrogen-bond acceptors (Lipinski definition) is 4. The SMILES string of the molecule is Cc1ccccc1CN(C(=O)CN(c1cccc(Cl)c1C)S(C)(=O)=O)C(Cc1ccccc1)C(=O)NC1CCCC1. The highest BCUT2D eigenvalue weighted by Crippen LogP contribution is 2.29. The fourth-order valence-electron chi connectivity index (χ4n) is 5.35. The first-order valence-corrected chi connectivity index (χ1v) is 16.2. The summed E-state index contributed by atoms with van der Waals surface area (Å²) in [6.07, 6.45) is 5.30. The Morgan fingerprint density at radius 2 is 1.61 bits per heavy atom. The van der Waals surface area contributed by atoms with Crippen LogP contribution in [0.25, 0.3) is 0 Å². The third kappa shape index (κ3) is 7.89. The quantitative estimate of drug-likeness (QED) is 0.321. The lowest BCUT2D eigenvalue weighted by Gasteiger charge is -2.34. The Hall–Kier alpha value is -3.36. The van der Waals surface area contributed by atoms with E-state index in [4.69, 9.17) is 11.6 Å². The van der Waals surface area contributed by atoms with Crippen LogP contribution >= 0.6 is 11.6 Å². The van der Waals surface area contributed by atoms with Gasteiger partial charge in [0.25, 0.3) is 0 Å². The van der Waals surface area contributed by atoms with Crippen LogP contribution in [0.5, 0.6) is 0 Å².